The molecule has 0 aliphatic carbocycles. The van der Waals surface area contributed by atoms with Crippen LogP contribution in [0.1, 0.15) is 13.8 Å². The number of alkyl halides is 2. The summed E-state index contributed by atoms with van der Waals surface area (Å²) in [5.41, 5.74) is 0. The second-order valence-electron chi connectivity index (χ2n) is 2.98. The molecule has 0 saturated heterocycles. The Morgan fingerprint density at radius 1 is 1.00 bits per heavy atom. The van der Waals surface area contributed by atoms with Gasteiger partial charge in [-0.15, -0.1) is 46.7 Å². The Kier molecular flexibility index (Phi) is 10.3. The molecular weight excluding hydrogens is 257 g/mol. The van der Waals surface area contributed by atoms with Crippen LogP contribution >= 0.6 is 46.7 Å². The lowest BCUT2D eigenvalue weighted by molar-refractivity contribution is 0.321. The molecule has 5 heteroatoms. The maximum absolute atomic E-state index is 5.65. The average Bonchev–Trinajstić information content (AvgIpc) is 2.21. The molecule has 14 heavy (non-hydrogen) atoms. The van der Waals surface area contributed by atoms with E-state index in [4.69, 9.17) is 23.2 Å². The van der Waals surface area contributed by atoms with Gasteiger partial charge in [0.05, 0.1) is 10.7 Å². The average molecular weight is 276 g/mol. The maximum atomic E-state index is 5.65. The van der Waals surface area contributed by atoms with Crippen molar-refractivity contribution < 1.29 is 0 Å². The second-order valence-corrected chi connectivity index (χ2v) is 6.59. The first-order chi connectivity index (χ1) is 6.63. The van der Waals surface area contributed by atoms with Gasteiger partial charge in [-0.3, -0.25) is 4.90 Å². The van der Waals surface area contributed by atoms with Gasteiger partial charge in [-0.05, 0) is 20.9 Å². The van der Waals surface area contributed by atoms with E-state index in [0.29, 0.717) is 10.7 Å². The molecule has 0 aromatic heterocycles. The molecule has 0 aliphatic rings. The Morgan fingerprint density at radius 2 is 1.36 bits per heavy atom. The normalized spacial score (nSPS) is 15.9. The fourth-order valence-corrected chi connectivity index (χ4v) is 3.27. The van der Waals surface area contributed by atoms with Crippen molar-refractivity contribution in [2.24, 2.45) is 0 Å². The lowest BCUT2D eigenvalue weighted by atomic mass is 10.6. The van der Waals surface area contributed by atoms with E-state index < -0.39 is 0 Å². The molecule has 0 spiro atoms. The zero-order chi connectivity index (χ0) is 11.0. The summed E-state index contributed by atoms with van der Waals surface area (Å²) in [6.07, 6.45) is 0. The molecule has 0 aromatic carbocycles. The highest BCUT2D eigenvalue weighted by molar-refractivity contribution is 8.00. The Morgan fingerprint density at radius 3 is 1.64 bits per heavy atom. The van der Waals surface area contributed by atoms with Crippen molar-refractivity contribution >= 4 is 46.7 Å². The first-order valence-electron chi connectivity index (χ1n) is 4.70. The molecule has 1 nitrogen and oxygen atoms in total. The van der Waals surface area contributed by atoms with E-state index in [1.54, 1.807) is 0 Å². The molecule has 0 rings (SSSR count). The van der Waals surface area contributed by atoms with Crippen LogP contribution in [0.5, 0.6) is 0 Å². The van der Waals surface area contributed by atoms with Gasteiger partial charge in [0, 0.05) is 23.3 Å². The SMILES string of the molecule is CC(SCCCl)N(C)C(C)SCCCl. The fourth-order valence-electron chi connectivity index (χ4n) is 0.961. The topological polar surface area (TPSA) is 3.24 Å². The number of thioether (sulfide) groups is 2. The minimum Gasteiger partial charge on any atom is -0.283 e. The summed E-state index contributed by atoms with van der Waals surface area (Å²) >= 11 is 15.1. The molecule has 0 aliphatic heterocycles. The van der Waals surface area contributed by atoms with Gasteiger partial charge < -0.3 is 0 Å². The molecule has 2 unspecified atom stereocenters. The zero-order valence-electron chi connectivity index (χ0n) is 9.00. The predicted octanol–water partition coefficient (Wildman–Crippen LogP) is 3.55. The Labute approximate surface area is 106 Å². The molecule has 0 N–H and O–H groups in total. The Bertz CT molecular complexity index is 124. The van der Waals surface area contributed by atoms with E-state index >= 15 is 0 Å². The third-order valence-corrected chi connectivity index (χ3v) is 5.36. The third-order valence-electron chi connectivity index (χ3n) is 2.02. The summed E-state index contributed by atoms with van der Waals surface area (Å²) in [4.78, 5) is 2.36. The van der Waals surface area contributed by atoms with Crippen LogP contribution in [0, 0.1) is 0 Å². The summed E-state index contributed by atoms with van der Waals surface area (Å²) < 4.78 is 0. The molecule has 0 saturated carbocycles. The molecule has 86 valence electrons. The van der Waals surface area contributed by atoms with Crippen LogP contribution in [-0.2, 0) is 0 Å². The van der Waals surface area contributed by atoms with Crippen LogP contribution in [0.3, 0.4) is 0 Å². The van der Waals surface area contributed by atoms with Gasteiger partial charge >= 0.3 is 0 Å². The zero-order valence-corrected chi connectivity index (χ0v) is 12.1. The molecule has 0 heterocycles. The lowest BCUT2D eigenvalue weighted by Gasteiger charge is -2.29. The van der Waals surface area contributed by atoms with E-state index in [9.17, 15) is 0 Å². The first-order valence-corrected chi connectivity index (χ1v) is 7.87. The standard InChI is InChI=1S/C9H19Cl2NS2/c1-8(13-6-4-10)12(3)9(2)14-7-5-11/h8-9H,4-7H2,1-3H3. The maximum Gasteiger partial charge on any atom is 0.0536 e. The third kappa shape index (κ3) is 6.67. The van der Waals surface area contributed by atoms with Crippen LogP contribution in [-0.4, -0.2) is 46.0 Å². The van der Waals surface area contributed by atoms with E-state index in [2.05, 4.69) is 25.8 Å². The van der Waals surface area contributed by atoms with Crippen LogP contribution < -0.4 is 0 Å². The number of hydrogen-bond acceptors (Lipinski definition) is 3. The molecule has 2 atom stereocenters. The molecule has 0 aromatic rings. The quantitative estimate of drug-likeness (QED) is 0.493. The largest absolute Gasteiger partial charge is 0.283 e. The Balaban J connectivity index is 3.72. The van der Waals surface area contributed by atoms with Crippen LogP contribution in [0.25, 0.3) is 0 Å². The van der Waals surface area contributed by atoms with E-state index in [1.165, 1.54) is 0 Å². The Hall–Kier alpha value is 1.24. The highest BCUT2D eigenvalue weighted by Crippen LogP contribution is 2.22. The van der Waals surface area contributed by atoms with Crippen molar-refractivity contribution in [3.05, 3.63) is 0 Å². The van der Waals surface area contributed by atoms with Gasteiger partial charge in [0.1, 0.15) is 0 Å². The number of nitrogens with zero attached hydrogens (tertiary/aromatic N) is 1. The predicted molar refractivity (Wildman–Crippen MR) is 73.0 cm³/mol. The number of hydrogen-bond donors (Lipinski definition) is 0. The van der Waals surface area contributed by atoms with Gasteiger partial charge in [-0.25, -0.2) is 0 Å². The van der Waals surface area contributed by atoms with Crippen LogP contribution in [0.2, 0.25) is 0 Å². The molecule has 0 radical (unpaired) electrons. The number of halogens is 2. The minimum absolute atomic E-state index is 0.520. The van der Waals surface area contributed by atoms with Crippen molar-refractivity contribution in [3.8, 4) is 0 Å². The first kappa shape index (κ1) is 15.2. The van der Waals surface area contributed by atoms with Crippen molar-refractivity contribution in [1.29, 1.82) is 0 Å². The van der Waals surface area contributed by atoms with Gasteiger partial charge in [-0.1, -0.05) is 0 Å². The van der Waals surface area contributed by atoms with Crippen molar-refractivity contribution in [2.75, 3.05) is 30.3 Å². The van der Waals surface area contributed by atoms with E-state index in [0.717, 1.165) is 23.3 Å². The molecular formula is C9H19Cl2NS2. The highest BCUT2D eigenvalue weighted by Gasteiger charge is 2.15. The number of rotatable bonds is 8. The van der Waals surface area contributed by atoms with Crippen LogP contribution in [0.15, 0.2) is 0 Å². The van der Waals surface area contributed by atoms with E-state index in [1.807, 2.05) is 23.5 Å². The summed E-state index contributed by atoms with van der Waals surface area (Å²) in [6, 6.07) is 0. The lowest BCUT2D eigenvalue weighted by Crippen LogP contribution is -2.33. The summed E-state index contributed by atoms with van der Waals surface area (Å²) in [5, 5.41) is 1.04. The van der Waals surface area contributed by atoms with Gasteiger partial charge in [0.15, 0.2) is 0 Å². The minimum atomic E-state index is 0.520. The fraction of sp³-hybridized carbons (Fsp3) is 1.00. The van der Waals surface area contributed by atoms with Crippen molar-refractivity contribution in [1.82, 2.24) is 4.90 Å². The summed E-state index contributed by atoms with van der Waals surface area (Å²) in [6.45, 7) is 4.43. The molecule has 0 bridgehead atoms. The van der Waals surface area contributed by atoms with Gasteiger partial charge in [0.25, 0.3) is 0 Å². The molecule has 0 amide bonds. The van der Waals surface area contributed by atoms with Gasteiger partial charge in [-0.2, -0.15) is 0 Å². The summed E-state index contributed by atoms with van der Waals surface area (Å²) in [5.74, 6) is 3.48. The molecule has 0 fully saturated rings. The second kappa shape index (κ2) is 9.46. The highest BCUT2D eigenvalue weighted by atomic mass is 35.5. The van der Waals surface area contributed by atoms with Crippen molar-refractivity contribution in [2.45, 2.75) is 24.6 Å². The van der Waals surface area contributed by atoms with Gasteiger partial charge in [0.2, 0.25) is 0 Å². The smallest absolute Gasteiger partial charge is 0.0536 e. The van der Waals surface area contributed by atoms with E-state index in [-0.39, 0.29) is 0 Å². The van der Waals surface area contributed by atoms with Crippen molar-refractivity contribution in [3.63, 3.8) is 0 Å². The monoisotopic (exact) mass is 275 g/mol. The summed E-state index contributed by atoms with van der Waals surface area (Å²) in [7, 11) is 2.15. The van der Waals surface area contributed by atoms with Crippen LogP contribution in [0.4, 0.5) is 0 Å².